The number of amides is 1. The molecule has 0 aliphatic carbocycles. The standard InChI is InChI=1S/C24H22N2O5/c1-17-21(13-8-14-22(17)26(29)30)25-23(27)16-31-24(28)15-20(18-9-4-2-5-10-18)19-11-6-3-7-12-19/h2-14,20H,15-16H2,1H3,(H,25,27). The summed E-state index contributed by atoms with van der Waals surface area (Å²) in [6, 6.07) is 23.6. The Morgan fingerprint density at radius 1 is 0.935 bits per heavy atom. The van der Waals surface area contributed by atoms with Gasteiger partial charge in [-0.2, -0.15) is 0 Å². The molecule has 0 heterocycles. The fourth-order valence-corrected chi connectivity index (χ4v) is 3.31. The van der Waals surface area contributed by atoms with Crippen molar-refractivity contribution in [3.05, 3.63) is 106 Å². The maximum absolute atomic E-state index is 12.5. The number of nitrogens with zero attached hydrogens (tertiary/aromatic N) is 1. The number of ether oxygens (including phenoxy) is 1. The van der Waals surface area contributed by atoms with Gasteiger partial charge in [0.2, 0.25) is 0 Å². The average molecular weight is 418 g/mol. The summed E-state index contributed by atoms with van der Waals surface area (Å²) in [4.78, 5) is 35.2. The van der Waals surface area contributed by atoms with Gasteiger partial charge >= 0.3 is 5.97 Å². The number of nitro benzene ring substituents is 1. The molecule has 0 saturated heterocycles. The highest BCUT2D eigenvalue weighted by Gasteiger charge is 2.20. The average Bonchev–Trinajstić information content (AvgIpc) is 2.78. The molecule has 7 heteroatoms. The molecule has 3 aromatic carbocycles. The van der Waals surface area contributed by atoms with Crippen LogP contribution in [0.1, 0.15) is 29.0 Å². The van der Waals surface area contributed by atoms with E-state index < -0.39 is 23.4 Å². The summed E-state index contributed by atoms with van der Waals surface area (Å²) >= 11 is 0. The number of hydrogen-bond acceptors (Lipinski definition) is 5. The summed E-state index contributed by atoms with van der Waals surface area (Å²) < 4.78 is 5.18. The lowest BCUT2D eigenvalue weighted by Gasteiger charge is -2.17. The van der Waals surface area contributed by atoms with Gasteiger partial charge in [0.1, 0.15) is 0 Å². The van der Waals surface area contributed by atoms with Crippen LogP contribution in [0.5, 0.6) is 0 Å². The van der Waals surface area contributed by atoms with Gasteiger partial charge in [0.25, 0.3) is 11.6 Å². The highest BCUT2D eigenvalue weighted by molar-refractivity contribution is 5.94. The van der Waals surface area contributed by atoms with Crippen LogP contribution in [0.4, 0.5) is 11.4 Å². The number of anilines is 1. The van der Waals surface area contributed by atoms with Gasteiger partial charge in [-0.3, -0.25) is 19.7 Å². The largest absolute Gasteiger partial charge is 0.456 e. The van der Waals surface area contributed by atoms with E-state index in [1.807, 2.05) is 60.7 Å². The molecule has 3 rings (SSSR count). The molecule has 0 aliphatic heterocycles. The van der Waals surface area contributed by atoms with Gasteiger partial charge in [0.15, 0.2) is 6.61 Å². The molecule has 0 aromatic heterocycles. The highest BCUT2D eigenvalue weighted by Crippen LogP contribution is 2.28. The van der Waals surface area contributed by atoms with Gasteiger partial charge in [-0.25, -0.2) is 0 Å². The first-order valence-corrected chi connectivity index (χ1v) is 9.75. The van der Waals surface area contributed by atoms with Gasteiger partial charge in [-0.05, 0) is 24.1 Å². The summed E-state index contributed by atoms with van der Waals surface area (Å²) in [5.74, 6) is -1.27. The minimum Gasteiger partial charge on any atom is -0.456 e. The number of nitro groups is 1. The van der Waals surface area contributed by atoms with Crippen LogP contribution in [0.3, 0.4) is 0 Å². The number of rotatable bonds is 8. The van der Waals surface area contributed by atoms with Crippen molar-refractivity contribution in [3.63, 3.8) is 0 Å². The third kappa shape index (κ3) is 5.76. The molecule has 0 spiro atoms. The van der Waals surface area contributed by atoms with Crippen molar-refractivity contribution in [2.45, 2.75) is 19.3 Å². The van der Waals surface area contributed by atoms with Gasteiger partial charge in [0.05, 0.1) is 22.6 Å². The first-order chi connectivity index (χ1) is 15.0. The van der Waals surface area contributed by atoms with Crippen molar-refractivity contribution in [2.24, 2.45) is 0 Å². The van der Waals surface area contributed by atoms with E-state index in [1.165, 1.54) is 12.1 Å². The van der Waals surface area contributed by atoms with E-state index in [0.29, 0.717) is 11.3 Å². The fraction of sp³-hybridized carbons (Fsp3) is 0.167. The molecule has 1 amide bonds. The number of esters is 1. The number of carbonyl (C=O) groups is 2. The molecule has 31 heavy (non-hydrogen) atoms. The Morgan fingerprint density at radius 2 is 1.52 bits per heavy atom. The molecule has 0 atom stereocenters. The Morgan fingerprint density at radius 3 is 2.06 bits per heavy atom. The van der Waals surface area contributed by atoms with Crippen molar-refractivity contribution in [2.75, 3.05) is 11.9 Å². The normalized spacial score (nSPS) is 10.5. The van der Waals surface area contributed by atoms with E-state index in [-0.39, 0.29) is 18.0 Å². The van der Waals surface area contributed by atoms with Crippen LogP contribution < -0.4 is 5.32 Å². The zero-order valence-corrected chi connectivity index (χ0v) is 17.0. The molecular weight excluding hydrogens is 396 g/mol. The van der Waals surface area contributed by atoms with Crippen molar-refractivity contribution in [3.8, 4) is 0 Å². The predicted molar refractivity (Wildman–Crippen MR) is 117 cm³/mol. The van der Waals surface area contributed by atoms with E-state index in [4.69, 9.17) is 4.74 Å². The third-order valence-corrected chi connectivity index (χ3v) is 4.91. The molecule has 0 aliphatic rings. The van der Waals surface area contributed by atoms with Crippen molar-refractivity contribution in [1.82, 2.24) is 0 Å². The Balaban J connectivity index is 1.63. The molecule has 0 saturated carbocycles. The summed E-state index contributed by atoms with van der Waals surface area (Å²) in [6.07, 6.45) is 0.0805. The lowest BCUT2D eigenvalue weighted by atomic mass is 9.89. The minimum atomic E-state index is -0.562. The molecule has 1 N–H and O–H groups in total. The zero-order chi connectivity index (χ0) is 22.2. The number of hydrogen-bond donors (Lipinski definition) is 1. The van der Waals surface area contributed by atoms with Crippen LogP contribution in [0.2, 0.25) is 0 Å². The van der Waals surface area contributed by atoms with Crippen LogP contribution in [-0.2, 0) is 14.3 Å². The third-order valence-electron chi connectivity index (χ3n) is 4.91. The number of nitrogens with one attached hydrogen (secondary N) is 1. The molecule has 7 nitrogen and oxygen atoms in total. The first-order valence-electron chi connectivity index (χ1n) is 9.75. The Bertz CT molecular complexity index is 1030. The van der Waals surface area contributed by atoms with E-state index >= 15 is 0 Å². The second kappa shape index (κ2) is 10.2. The SMILES string of the molecule is Cc1c(NC(=O)COC(=O)CC(c2ccccc2)c2ccccc2)cccc1[N+](=O)[O-]. The second-order valence-electron chi connectivity index (χ2n) is 6.99. The van der Waals surface area contributed by atoms with Crippen molar-refractivity contribution in [1.29, 1.82) is 0 Å². The topological polar surface area (TPSA) is 98.5 Å². The van der Waals surface area contributed by atoms with E-state index in [2.05, 4.69) is 5.32 Å². The molecular formula is C24H22N2O5. The lowest BCUT2D eigenvalue weighted by molar-refractivity contribution is -0.385. The Labute approximate surface area is 179 Å². The Hall–Kier alpha value is -4.00. The van der Waals surface area contributed by atoms with Crippen LogP contribution in [0, 0.1) is 17.0 Å². The van der Waals surface area contributed by atoms with Gasteiger partial charge in [-0.1, -0.05) is 66.7 Å². The van der Waals surface area contributed by atoms with Crippen LogP contribution >= 0.6 is 0 Å². The first kappa shape index (κ1) is 21.7. The number of benzene rings is 3. The lowest BCUT2D eigenvalue weighted by Crippen LogP contribution is -2.22. The minimum absolute atomic E-state index is 0.0805. The summed E-state index contributed by atoms with van der Waals surface area (Å²) in [7, 11) is 0. The molecule has 0 bridgehead atoms. The van der Waals surface area contributed by atoms with E-state index in [1.54, 1.807) is 13.0 Å². The van der Waals surface area contributed by atoms with Crippen LogP contribution in [0.15, 0.2) is 78.9 Å². The summed E-state index contributed by atoms with van der Waals surface area (Å²) in [5.41, 5.74) is 2.50. The Kier molecular flexibility index (Phi) is 7.11. The summed E-state index contributed by atoms with van der Waals surface area (Å²) in [6.45, 7) is 1.07. The summed E-state index contributed by atoms with van der Waals surface area (Å²) in [5, 5.41) is 13.6. The number of carbonyl (C=O) groups excluding carboxylic acids is 2. The molecule has 0 radical (unpaired) electrons. The van der Waals surface area contributed by atoms with Gasteiger partial charge in [0, 0.05) is 12.0 Å². The van der Waals surface area contributed by atoms with E-state index in [9.17, 15) is 19.7 Å². The fourth-order valence-electron chi connectivity index (χ4n) is 3.31. The molecule has 0 unspecified atom stereocenters. The highest BCUT2D eigenvalue weighted by atomic mass is 16.6. The molecule has 158 valence electrons. The maximum atomic E-state index is 12.5. The smallest absolute Gasteiger partial charge is 0.307 e. The quantitative estimate of drug-likeness (QED) is 0.327. The molecule has 3 aromatic rings. The van der Waals surface area contributed by atoms with Gasteiger partial charge in [-0.15, -0.1) is 0 Å². The van der Waals surface area contributed by atoms with Crippen LogP contribution in [0.25, 0.3) is 0 Å². The zero-order valence-electron chi connectivity index (χ0n) is 17.0. The van der Waals surface area contributed by atoms with Crippen molar-refractivity contribution >= 4 is 23.3 Å². The second-order valence-corrected chi connectivity index (χ2v) is 6.99. The van der Waals surface area contributed by atoms with Crippen molar-refractivity contribution < 1.29 is 19.2 Å². The van der Waals surface area contributed by atoms with Gasteiger partial charge < -0.3 is 10.1 Å². The molecule has 0 fully saturated rings. The van der Waals surface area contributed by atoms with E-state index in [0.717, 1.165) is 11.1 Å². The maximum Gasteiger partial charge on any atom is 0.307 e. The van der Waals surface area contributed by atoms with Crippen LogP contribution in [-0.4, -0.2) is 23.4 Å². The monoisotopic (exact) mass is 418 g/mol. The predicted octanol–water partition coefficient (Wildman–Crippen LogP) is 4.61.